The van der Waals surface area contributed by atoms with Gasteiger partial charge < -0.3 is 10.2 Å². The van der Waals surface area contributed by atoms with Crippen molar-refractivity contribution in [3.8, 4) is 0 Å². The van der Waals surface area contributed by atoms with Crippen LogP contribution >= 0.6 is 0 Å². The molecular formula is C14H19F3N2. The Balaban J connectivity index is 2.21. The van der Waals surface area contributed by atoms with Crippen LogP contribution in [-0.4, -0.2) is 25.8 Å². The maximum atomic E-state index is 12.6. The van der Waals surface area contributed by atoms with Gasteiger partial charge >= 0.3 is 6.18 Å². The number of anilines is 2. The third-order valence-electron chi connectivity index (χ3n) is 3.26. The maximum Gasteiger partial charge on any atom is 0.405 e. The molecule has 2 nitrogen and oxygen atoms in total. The Morgan fingerprint density at radius 2 is 2.11 bits per heavy atom. The summed E-state index contributed by atoms with van der Waals surface area (Å²) in [5.74, 6) is 0. The highest BCUT2D eigenvalue weighted by Gasteiger charge is 2.30. The highest BCUT2D eigenvalue weighted by molar-refractivity contribution is 5.63. The topological polar surface area (TPSA) is 15.3 Å². The van der Waals surface area contributed by atoms with Gasteiger partial charge in [-0.1, -0.05) is 13.0 Å². The van der Waals surface area contributed by atoms with Crippen molar-refractivity contribution in [2.45, 2.75) is 32.4 Å². The van der Waals surface area contributed by atoms with Crippen molar-refractivity contribution < 1.29 is 13.2 Å². The standard InChI is InChI=1S/C14H19F3N2/c1-2-8-19(10-14(15,16)17)12-6-5-11-4-3-7-18-13(11)9-12/h5-6,9,18H,2-4,7-8,10H2,1H3. The van der Waals surface area contributed by atoms with E-state index in [-0.39, 0.29) is 0 Å². The summed E-state index contributed by atoms with van der Waals surface area (Å²) in [5.41, 5.74) is 2.82. The number of halogens is 3. The van der Waals surface area contributed by atoms with Crippen LogP contribution in [0.15, 0.2) is 18.2 Å². The fraction of sp³-hybridized carbons (Fsp3) is 0.571. The van der Waals surface area contributed by atoms with E-state index in [1.165, 1.54) is 10.5 Å². The molecule has 1 heterocycles. The first-order valence-electron chi connectivity index (χ1n) is 6.68. The first-order chi connectivity index (χ1) is 8.99. The Morgan fingerprint density at radius 3 is 2.79 bits per heavy atom. The summed E-state index contributed by atoms with van der Waals surface area (Å²) >= 11 is 0. The molecule has 0 unspecified atom stereocenters. The van der Waals surface area contributed by atoms with Gasteiger partial charge in [0.15, 0.2) is 0 Å². The minimum absolute atomic E-state index is 0.415. The van der Waals surface area contributed by atoms with E-state index >= 15 is 0 Å². The quantitative estimate of drug-likeness (QED) is 0.896. The average Bonchev–Trinajstić information content (AvgIpc) is 2.36. The lowest BCUT2D eigenvalue weighted by molar-refractivity contribution is -0.119. The number of hydrogen-bond donors (Lipinski definition) is 1. The molecule has 0 amide bonds. The summed E-state index contributed by atoms with van der Waals surface area (Å²) in [6.07, 6.45) is -1.40. The summed E-state index contributed by atoms with van der Waals surface area (Å²) in [6.45, 7) is 2.31. The fourth-order valence-electron chi connectivity index (χ4n) is 2.43. The van der Waals surface area contributed by atoms with Crippen LogP contribution in [0.3, 0.4) is 0 Å². The molecule has 0 spiro atoms. The third-order valence-corrected chi connectivity index (χ3v) is 3.26. The molecule has 106 valence electrons. The second kappa shape index (κ2) is 5.72. The minimum Gasteiger partial charge on any atom is -0.385 e. The van der Waals surface area contributed by atoms with Gasteiger partial charge in [-0.25, -0.2) is 0 Å². The van der Waals surface area contributed by atoms with Crippen LogP contribution in [0, 0.1) is 0 Å². The molecule has 1 aliphatic rings. The molecule has 0 aliphatic carbocycles. The highest BCUT2D eigenvalue weighted by atomic mass is 19.4. The van der Waals surface area contributed by atoms with Crippen LogP contribution < -0.4 is 10.2 Å². The fourth-order valence-corrected chi connectivity index (χ4v) is 2.43. The molecule has 1 aliphatic heterocycles. The Morgan fingerprint density at radius 1 is 1.32 bits per heavy atom. The van der Waals surface area contributed by atoms with Crippen LogP contribution in [-0.2, 0) is 6.42 Å². The van der Waals surface area contributed by atoms with Gasteiger partial charge in [0.2, 0.25) is 0 Å². The van der Waals surface area contributed by atoms with E-state index in [2.05, 4.69) is 5.32 Å². The van der Waals surface area contributed by atoms with E-state index in [0.29, 0.717) is 18.7 Å². The Kier molecular flexibility index (Phi) is 4.22. The molecule has 0 saturated heterocycles. The van der Waals surface area contributed by atoms with E-state index in [4.69, 9.17) is 0 Å². The lowest BCUT2D eigenvalue weighted by Crippen LogP contribution is -2.35. The van der Waals surface area contributed by atoms with Crippen LogP contribution in [0.25, 0.3) is 0 Å². The average molecular weight is 272 g/mol. The number of alkyl halides is 3. The number of nitrogens with zero attached hydrogens (tertiary/aromatic N) is 1. The number of rotatable bonds is 4. The Bertz CT molecular complexity index is 429. The molecule has 0 fully saturated rings. The lowest BCUT2D eigenvalue weighted by atomic mass is 10.0. The molecular weight excluding hydrogens is 253 g/mol. The molecule has 1 aromatic rings. The van der Waals surface area contributed by atoms with Gasteiger partial charge in [-0.15, -0.1) is 0 Å². The molecule has 0 saturated carbocycles. The molecule has 0 radical (unpaired) electrons. The monoisotopic (exact) mass is 272 g/mol. The van der Waals surface area contributed by atoms with Crippen LogP contribution in [0.1, 0.15) is 25.3 Å². The minimum atomic E-state index is -4.17. The number of benzene rings is 1. The van der Waals surface area contributed by atoms with Gasteiger partial charge in [0, 0.05) is 24.5 Å². The van der Waals surface area contributed by atoms with E-state index in [0.717, 1.165) is 25.1 Å². The van der Waals surface area contributed by atoms with Crippen molar-refractivity contribution in [2.24, 2.45) is 0 Å². The van der Waals surface area contributed by atoms with Crippen molar-refractivity contribution in [2.75, 3.05) is 29.9 Å². The number of aryl methyl sites for hydroxylation is 1. The third kappa shape index (κ3) is 3.78. The van der Waals surface area contributed by atoms with Crippen molar-refractivity contribution in [3.63, 3.8) is 0 Å². The Hall–Kier alpha value is -1.39. The highest BCUT2D eigenvalue weighted by Crippen LogP contribution is 2.29. The predicted molar refractivity (Wildman–Crippen MR) is 71.8 cm³/mol. The molecule has 2 rings (SSSR count). The van der Waals surface area contributed by atoms with Gasteiger partial charge in [-0.2, -0.15) is 13.2 Å². The van der Waals surface area contributed by atoms with Crippen LogP contribution in [0.4, 0.5) is 24.5 Å². The summed E-state index contributed by atoms with van der Waals surface area (Å²) in [4.78, 5) is 1.40. The number of fused-ring (bicyclic) bond motifs is 1. The SMILES string of the molecule is CCCN(CC(F)(F)F)c1ccc2c(c1)NCCC2. The second-order valence-electron chi connectivity index (χ2n) is 4.91. The van der Waals surface area contributed by atoms with E-state index < -0.39 is 12.7 Å². The van der Waals surface area contributed by atoms with Gasteiger partial charge in [0.25, 0.3) is 0 Å². The van der Waals surface area contributed by atoms with Crippen molar-refractivity contribution in [1.29, 1.82) is 0 Å². The summed E-state index contributed by atoms with van der Waals surface area (Å²) in [7, 11) is 0. The summed E-state index contributed by atoms with van der Waals surface area (Å²) in [5, 5.41) is 3.25. The van der Waals surface area contributed by atoms with Gasteiger partial charge in [-0.3, -0.25) is 0 Å². The smallest absolute Gasteiger partial charge is 0.385 e. The first kappa shape index (κ1) is 14.0. The zero-order valence-electron chi connectivity index (χ0n) is 11.1. The molecule has 1 N–H and O–H groups in total. The maximum absolute atomic E-state index is 12.6. The zero-order chi connectivity index (χ0) is 13.9. The first-order valence-corrected chi connectivity index (χ1v) is 6.68. The Labute approximate surface area is 111 Å². The van der Waals surface area contributed by atoms with Crippen LogP contribution in [0.5, 0.6) is 0 Å². The molecule has 0 atom stereocenters. The van der Waals surface area contributed by atoms with Crippen molar-refractivity contribution >= 4 is 11.4 Å². The number of nitrogens with one attached hydrogen (secondary N) is 1. The van der Waals surface area contributed by atoms with Crippen molar-refractivity contribution in [3.05, 3.63) is 23.8 Å². The normalized spacial score (nSPS) is 14.7. The summed E-state index contributed by atoms with van der Waals surface area (Å²) < 4.78 is 37.8. The lowest BCUT2D eigenvalue weighted by Gasteiger charge is -2.27. The number of hydrogen-bond acceptors (Lipinski definition) is 2. The largest absolute Gasteiger partial charge is 0.405 e. The van der Waals surface area contributed by atoms with Gasteiger partial charge in [-0.05, 0) is 37.0 Å². The van der Waals surface area contributed by atoms with E-state index in [1.807, 2.05) is 19.1 Å². The van der Waals surface area contributed by atoms with Crippen molar-refractivity contribution in [1.82, 2.24) is 0 Å². The molecule has 19 heavy (non-hydrogen) atoms. The molecule has 1 aromatic carbocycles. The summed E-state index contributed by atoms with van der Waals surface area (Å²) in [6, 6.07) is 5.58. The van der Waals surface area contributed by atoms with Crippen LogP contribution in [0.2, 0.25) is 0 Å². The van der Waals surface area contributed by atoms with E-state index in [9.17, 15) is 13.2 Å². The van der Waals surface area contributed by atoms with Gasteiger partial charge in [0.1, 0.15) is 6.54 Å². The zero-order valence-corrected chi connectivity index (χ0v) is 11.1. The van der Waals surface area contributed by atoms with E-state index in [1.54, 1.807) is 6.07 Å². The second-order valence-corrected chi connectivity index (χ2v) is 4.91. The molecule has 5 heteroatoms. The molecule has 0 bridgehead atoms. The predicted octanol–water partition coefficient (Wildman–Crippen LogP) is 3.82. The molecule has 0 aromatic heterocycles. The van der Waals surface area contributed by atoms with Gasteiger partial charge in [0.05, 0.1) is 0 Å².